The molecule has 1 aliphatic rings. The molecule has 2 rings (SSSR count). The summed E-state index contributed by atoms with van der Waals surface area (Å²) in [6.45, 7) is 0.857. The summed E-state index contributed by atoms with van der Waals surface area (Å²) >= 11 is 11.6. The van der Waals surface area contributed by atoms with Crippen molar-refractivity contribution in [2.75, 3.05) is 19.0 Å². The molecule has 20 heavy (non-hydrogen) atoms. The number of hydrogen-bond donors (Lipinski definition) is 0. The van der Waals surface area contributed by atoms with Gasteiger partial charge in [0.05, 0.1) is 5.02 Å². The highest BCUT2D eigenvalue weighted by Gasteiger charge is 2.31. The number of sulfonamides is 1. The predicted octanol–water partition coefficient (Wildman–Crippen LogP) is 3.51. The van der Waals surface area contributed by atoms with Crippen LogP contribution in [0, 0.1) is 11.7 Å². The third-order valence-corrected chi connectivity index (χ3v) is 6.08. The van der Waals surface area contributed by atoms with Crippen molar-refractivity contribution < 1.29 is 12.8 Å². The van der Waals surface area contributed by atoms with Crippen LogP contribution in [-0.4, -0.2) is 31.7 Å². The first kappa shape index (κ1) is 16.0. The van der Waals surface area contributed by atoms with Gasteiger partial charge < -0.3 is 0 Å². The zero-order chi connectivity index (χ0) is 14.8. The normalized spacial score (nSPS) is 21.1. The van der Waals surface area contributed by atoms with Crippen LogP contribution in [0.15, 0.2) is 23.1 Å². The molecule has 0 radical (unpaired) electrons. The van der Waals surface area contributed by atoms with E-state index >= 15 is 0 Å². The molecule has 7 heteroatoms. The number of halogens is 3. The standard InChI is InChI=1S/C13H16Cl2FNO2S/c14-6-5-10-2-1-7-17(9-10)20(18,19)13-8-11(16)3-4-12(13)15/h3-4,8,10H,1-2,5-7,9H2. The van der Waals surface area contributed by atoms with Gasteiger partial charge in [-0.25, -0.2) is 12.8 Å². The number of rotatable bonds is 4. The van der Waals surface area contributed by atoms with E-state index < -0.39 is 15.8 Å². The van der Waals surface area contributed by atoms with Crippen LogP contribution in [0.3, 0.4) is 0 Å². The highest BCUT2D eigenvalue weighted by Crippen LogP contribution is 2.29. The van der Waals surface area contributed by atoms with Crippen molar-refractivity contribution in [2.45, 2.75) is 24.2 Å². The van der Waals surface area contributed by atoms with Crippen molar-refractivity contribution in [1.82, 2.24) is 4.31 Å². The summed E-state index contributed by atoms with van der Waals surface area (Å²) in [4.78, 5) is -0.161. The monoisotopic (exact) mass is 339 g/mol. The largest absolute Gasteiger partial charge is 0.244 e. The molecule has 112 valence electrons. The molecular formula is C13H16Cl2FNO2S. The molecule has 0 spiro atoms. The molecule has 1 heterocycles. The number of nitrogens with zero attached hydrogens (tertiary/aromatic N) is 1. The Bertz CT molecular complexity index is 578. The summed E-state index contributed by atoms with van der Waals surface area (Å²) < 4.78 is 39.8. The zero-order valence-electron chi connectivity index (χ0n) is 10.9. The van der Waals surface area contributed by atoms with Crippen LogP contribution in [0.2, 0.25) is 5.02 Å². The Morgan fingerprint density at radius 1 is 1.40 bits per heavy atom. The number of benzene rings is 1. The molecule has 0 amide bonds. The number of alkyl halides is 1. The first-order valence-electron chi connectivity index (χ1n) is 6.46. The van der Waals surface area contributed by atoms with E-state index in [0.29, 0.717) is 19.0 Å². The molecule has 0 aliphatic carbocycles. The van der Waals surface area contributed by atoms with E-state index in [9.17, 15) is 12.8 Å². The van der Waals surface area contributed by atoms with Crippen LogP contribution in [0.1, 0.15) is 19.3 Å². The van der Waals surface area contributed by atoms with Gasteiger partial charge in [0.25, 0.3) is 0 Å². The van der Waals surface area contributed by atoms with Crippen molar-refractivity contribution in [3.63, 3.8) is 0 Å². The fourth-order valence-electron chi connectivity index (χ4n) is 2.45. The van der Waals surface area contributed by atoms with E-state index in [1.807, 2.05) is 0 Å². The molecule has 0 aromatic heterocycles. The molecule has 1 unspecified atom stereocenters. The zero-order valence-corrected chi connectivity index (χ0v) is 13.2. The highest BCUT2D eigenvalue weighted by molar-refractivity contribution is 7.89. The molecule has 1 saturated heterocycles. The lowest BCUT2D eigenvalue weighted by Gasteiger charge is -2.31. The fraction of sp³-hybridized carbons (Fsp3) is 0.538. The van der Waals surface area contributed by atoms with Crippen molar-refractivity contribution in [1.29, 1.82) is 0 Å². The highest BCUT2D eigenvalue weighted by atomic mass is 35.5. The van der Waals surface area contributed by atoms with E-state index in [2.05, 4.69) is 0 Å². The van der Waals surface area contributed by atoms with E-state index in [0.717, 1.165) is 31.4 Å². The van der Waals surface area contributed by atoms with E-state index in [4.69, 9.17) is 23.2 Å². The quantitative estimate of drug-likeness (QED) is 0.787. The maximum atomic E-state index is 13.3. The minimum absolute atomic E-state index is 0.0471. The summed E-state index contributed by atoms with van der Waals surface area (Å²) in [6.07, 6.45) is 2.54. The summed E-state index contributed by atoms with van der Waals surface area (Å²) in [5, 5.41) is 0.0471. The lowest BCUT2D eigenvalue weighted by molar-refractivity contribution is 0.262. The van der Waals surface area contributed by atoms with Crippen molar-refractivity contribution in [3.8, 4) is 0 Å². The van der Waals surface area contributed by atoms with Gasteiger partial charge in [-0.3, -0.25) is 0 Å². The lowest BCUT2D eigenvalue weighted by atomic mass is 9.97. The Labute approximate surface area is 128 Å². The third-order valence-electron chi connectivity index (χ3n) is 3.51. The lowest BCUT2D eigenvalue weighted by Crippen LogP contribution is -2.40. The molecule has 1 aromatic rings. The molecule has 3 nitrogen and oxygen atoms in total. The second-order valence-corrected chi connectivity index (χ2v) is 7.62. The second kappa shape index (κ2) is 6.60. The first-order valence-corrected chi connectivity index (χ1v) is 8.81. The molecule has 1 aromatic carbocycles. The Hall–Kier alpha value is -0.360. The van der Waals surface area contributed by atoms with Gasteiger partial charge in [0.15, 0.2) is 0 Å². The summed E-state index contributed by atoms with van der Waals surface area (Å²) in [5.41, 5.74) is 0. The van der Waals surface area contributed by atoms with Gasteiger partial charge in [-0.1, -0.05) is 11.6 Å². The van der Waals surface area contributed by atoms with Crippen LogP contribution in [0.4, 0.5) is 4.39 Å². The number of piperidine rings is 1. The average molecular weight is 340 g/mol. The van der Waals surface area contributed by atoms with Gasteiger partial charge in [-0.05, 0) is 43.4 Å². The minimum atomic E-state index is -3.75. The molecule has 0 bridgehead atoms. The molecule has 0 N–H and O–H groups in total. The Kier molecular flexibility index (Phi) is 5.29. The van der Waals surface area contributed by atoms with Gasteiger partial charge in [0.2, 0.25) is 10.0 Å². The first-order chi connectivity index (χ1) is 9.45. The van der Waals surface area contributed by atoms with Crippen LogP contribution < -0.4 is 0 Å². The van der Waals surface area contributed by atoms with E-state index in [-0.39, 0.29) is 15.8 Å². The van der Waals surface area contributed by atoms with Gasteiger partial charge in [-0.15, -0.1) is 11.6 Å². The topological polar surface area (TPSA) is 37.4 Å². The predicted molar refractivity (Wildman–Crippen MR) is 78.2 cm³/mol. The van der Waals surface area contributed by atoms with Crippen molar-refractivity contribution >= 4 is 33.2 Å². The fourth-order valence-corrected chi connectivity index (χ4v) is 4.80. The van der Waals surface area contributed by atoms with Crippen LogP contribution >= 0.6 is 23.2 Å². The van der Waals surface area contributed by atoms with Crippen LogP contribution in [0.25, 0.3) is 0 Å². The van der Waals surface area contributed by atoms with Crippen LogP contribution in [0.5, 0.6) is 0 Å². The maximum Gasteiger partial charge on any atom is 0.244 e. The third kappa shape index (κ3) is 3.45. The Balaban J connectivity index is 2.27. The Morgan fingerprint density at radius 2 is 2.15 bits per heavy atom. The summed E-state index contributed by atoms with van der Waals surface area (Å²) in [6, 6.07) is 3.39. The average Bonchev–Trinajstić information content (AvgIpc) is 2.42. The van der Waals surface area contributed by atoms with E-state index in [1.54, 1.807) is 0 Å². The summed E-state index contributed by atoms with van der Waals surface area (Å²) in [7, 11) is -3.75. The molecule has 0 saturated carbocycles. The Morgan fingerprint density at radius 3 is 2.85 bits per heavy atom. The maximum absolute atomic E-state index is 13.3. The van der Waals surface area contributed by atoms with Gasteiger partial charge >= 0.3 is 0 Å². The SMILES string of the molecule is O=S(=O)(c1cc(F)ccc1Cl)N1CCCC(CCCl)C1. The van der Waals surface area contributed by atoms with E-state index in [1.165, 1.54) is 10.4 Å². The van der Waals surface area contributed by atoms with Crippen molar-refractivity contribution in [3.05, 3.63) is 29.0 Å². The molecule has 1 aliphatic heterocycles. The smallest absolute Gasteiger partial charge is 0.207 e. The van der Waals surface area contributed by atoms with Gasteiger partial charge in [-0.2, -0.15) is 4.31 Å². The van der Waals surface area contributed by atoms with Crippen LogP contribution in [-0.2, 0) is 10.0 Å². The summed E-state index contributed by atoms with van der Waals surface area (Å²) in [5.74, 6) is 0.157. The molecular weight excluding hydrogens is 324 g/mol. The molecule has 1 atom stereocenters. The van der Waals surface area contributed by atoms with Gasteiger partial charge in [0.1, 0.15) is 10.7 Å². The number of hydrogen-bond acceptors (Lipinski definition) is 2. The van der Waals surface area contributed by atoms with Gasteiger partial charge in [0, 0.05) is 19.0 Å². The molecule has 1 fully saturated rings. The van der Waals surface area contributed by atoms with Crippen molar-refractivity contribution in [2.24, 2.45) is 5.92 Å². The second-order valence-electron chi connectivity index (χ2n) is 4.92. The minimum Gasteiger partial charge on any atom is -0.207 e.